The summed E-state index contributed by atoms with van der Waals surface area (Å²) in [5.74, 6) is 0.951. The number of nitrogens with zero attached hydrogens (tertiary/aromatic N) is 4. The van der Waals surface area contributed by atoms with Gasteiger partial charge < -0.3 is 15.6 Å². The zero-order valence-corrected chi connectivity index (χ0v) is 14.1. The summed E-state index contributed by atoms with van der Waals surface area (Å²) < 4.78 is 0. The van der Waals surface area contributed by atoms with Crippen LogP contribution in [-0.2, 0) is 0 Å². The van der Waals surface area contributed by atoms with Crippen molar-refractivity contribution in [3.8, 4) is 0 Å². The maximum absolute atomic E-state index is 13.1. The lowest BCUT2D eigenvalue weighted by Gasteiger charge is -2.34. The van der Waals surface area contributed by atoms with Crippen molar-refractivity contribution < 1.29 is 4.79 Å². The van der Waals surface area contributed by atoms with Crippen LogP contribution in [0.1, 0.15) is 47.2 Å². The van der Waals surface area contributed by atoms with Crippen molar-refractivity contribution in [1.82, 2.24) is 24.8 Å². The summed E-state index contributed by atoms with van der Waals surface area (Å²) >= 11 is 0. The Hall–Kier alpha value is -2.96. The van der Waals surface area contributed by atoms with Crippen LogP contribution in [-0.4, -0.2) is 37.3 Å². The van der Waals surface area contributed by atoms with Crippen LogP contribution in [0, 0.1) is 6.92 Å². The van der Waals surface area contributed by atoms with Gasteiger partial charge in [0, 0.05) is 12.7 Å². The van der Waals surface area contributed by atoms with Crippen LogP contribution in [0.25, 0.3) is 11.0 Å². The third kappa shape index (κ3) is 2.82. The minimum absolute atomic E-state index is 0.0643. The number of para-hydroxylation sites is 2. The lowest BCUT2D eigenvalue weighted by atomic mass is 10.00. The number of nitrogen functional groups attached to an aromatic ring is 1. The van der Waals surface area contributed by atoms with E-state index in [1.807, 2.05) is 29.2 Å². The average molecular weight is 336 g/mol. The van der Waals surface area contributed by atoms with Gasteiger partial charge in [0.25, 0.3) is 5.91 Å². The molecule has 1 aliphatic rings. The number of amides is 1. The van der Waals surface area contributed by atoms with E-state index in [-0.39, 0.29) is 17.9 Å². The minimum Gasteiger partial charge on any atom is -0.368 e. The molecule has 128 valence electrons. The average Bonchev–Trinajstić information content (AvgIpc) is 3.05. The number of aryl methyl sites for hydroxylation is 1. The van der Waals surface area contributed by atoms with Crippen LogP contribution in [0.3, 0.4) is 0 Å². The van der Waals surface area contributed by atoms with Gasteiger partial charge in [-0.1, -0.05) is 12.1 Å². The van der Waals surface area contributed by atoms with Crippen LogP contribution in [0.15, 0.2) is 30.5 Å². The molecule has 3 aromatic rings. The summed E-state index contributed by atoms with van der Waals surface area (Å²) in [6.45, 7) is 2.48. The molecule has 0 aliphatic carbocycles. The molecule has 1 aliphatic heterocycles. The standard InChI is InChI=1S/C18H20N6O/c1-11-12(10-20-18(19)21-11)17(25)24-9-5-4-8-15(24)16-22-13-6-2-3-7-14(13)23-16/h2-3,6-7,10,15H,4-5,8-9H2,1H3,(H,22,23)(H2,19,20,21). The Labute approximate surface area is 145 Å². The molecular weight excluding hydrogens is 316 g/mol. The zero-order chi connectivity index (χ0) is 17.4. The van der Waals surface area contributed by atoms with Gasteiger partial charge in [0.15, 0.2) is 0 Å². The number of aromatic nitrogens is 4. The van der Waals surface area contributed by atoms with E-state index in [9.17, 15) is 4.79 Å². The van der Waals surface area contributed by atoms with Crippen molar-refractivity contribution >= 4 is 22.9 Å². The van der Waals surface area contributed by atoms with Gasteiger partial charge in [0.2, 0.25) is 5.95 Å². The number of piperidine rings is 1. The van der Waals surface area contributed by atoms with Crippen molar-refractivity contribution in [2.45, 2.75) is 32.2 Å². The number of likely N-dealkylation sites (tertiary alicyclic amines) is 1. The Bertz CT molecular complexity index is 901. The molecule has 1 fully saturated rings. The summed E-state index contributed by atoms with van der Waals surface area (Å²) in [7, 11) is 0. The number of anilines is 1. The predicted octanol–water partition coefficient (Wildman–Crippen LogP) is 2.61. The third-order valence-corrected chi connectivity index (χ3v) is 4.72. The fraction of sp³-hybridized carbons (Fsp3) is 0.333. The smallest absolute Gasteiger partial charge is 0.257 e. The molecule has 3 heterocycles. The van der Waals surface area contributed by atoms with Crippen molar-refractivity contribution in [3.63, 3.8) is 0 Å². The highest BCUT2D eigenvalue weighted by Crippen LogP contribution is 2.32. The fourth-order valence-corrected chi connectivity index (χ4v) is 3.44. The number of aromatic amines is 1. The number of hydrogen-bond acceptors (Lipinski definition) is 5. The molecule has 0 spiro atoms. The second-order valence-electron chi connectivity index (χ2n) is 6.38. The number of carbonyl (C=O) groups is 1. The molecule has 25 heavy (non-hydrogen) atoms. The van der Waals surface area contributed by atoms with Gasteiger partial charge in [-0.2, -0.15) is 0 Å². The van der Waals surface area contributed by atoms with Crippen LogP contribution in [0.4, 0.5) is 5.95 Å². The van der Waals surface area contributed by atoms with Crippen molar-refractivity contribution in [3.05, 3.63) is 47.5 Å². The normalized spacial score (nSPS) is 17.8. The summed E-state index contributed by atoms with van der Waals surface area (Å²) in [5.41, 5.74) is 8.61. The molecule has 0 bridgehead atoms. The fourth-order valence-electron chi connectivity index (χ4n) is 3.44. The Balaban J connectivity index is 1.70. The summed E-state index contributed by atoms with van der Waals surface area (Å²) in [6, 6.07) is 7.85. The topological polar surface area (TPSA) is 101 Å². The number of hydrogen-bond donors (Lipinski definition) is 2. The van der Waals surface area contributed by atoms with E-state index in [0.717, 1.165) is 36.1 Å². The Morgan fingerprint density at radius 1 is 1.28 bits per heavy atom. The zero-order valence-electron chi connectivity index (χ0n) is 14.1. The lowest BCUT2D eigenvalue weighted by Crippen LogP contribution is -2.39. The largest absolute Gasteiger partial charge is 0.368 e. The van der Waals surface area contributed by atoms with Gasteiger partial charge in [-0.05, 0) is 38.3 Å². The van der Waals surface area contributed by atoms with Crippen molar-refractivity contribution in [2.75, 3.05) is 12.3 Å². The highest BCUT2D eigenvalue weighted by atomic mass is 16.2. The first-order chi connectivity index (χ1) is 12.1. The predicted molar refractivity (Wildman–Crippen MR) is 94.9 cm³/mol. The molecule has 1 unspecified atom stereocenters. The minimum atomic E-state index is -0.0670. The monoisotopic (exact) mass is 336 g/mol. The number of carbonyl (C=O) groups excluding carboxylic acids is 1. The van der Waals surface area contributed by atoms with Gasteiger partial charge in [-0.15, -0.1) is 0 Å². The number of rotatable bonds is 2. The van der Waals surface area contributed by atoms with Crippen LogP contribution in [0.5, 0.6) is 0 Å². The summed E-state index contributed by atoms with van der Waals surface area (Å²) in [4.78, 5) is 31.1. The first-order valence-corrected chi connectivity index (χ1v) is 8.48. The molecular formula is C18H20N6O. The molecule has 3 N–H and O–H groups in total. The lowest BCUT2D eigenvalue weighted by molar-refractivity contribution is 0.0599. The number of nitrogens with two attached hydrogens (primary N) is 1. The highest BCUT2D eigenvalue weighted by molar-refractivity contribution is 5.95. The van der Waals surface area contributed by atoms with E-state index < -0.39 is 0 Å². The van der Waals surface area contributed by atoms with Crippen LogP contribution < -0.4 is 5.73 Å². The van der Waals surface area contributed by atoms with Crippen molar-refractivity contribution in [1.29, 1.82) is 0 Å². The number of benzene rings is 1. The van der Waals surface area contributed by atoms with Crippen molar-refractivity contribution in [2.24, 2.45) is 0 Å². The molecule has 0 radical (unpaired) electrons. The number of nitrogens with one attached hydrogen (secondary N) is 1. The first-order valence-electron chi connectivity index (χ1n) is 8.48. The van der Waals surface area contributed by atoms with E-state index in [2.05, 4.69) is 15.0 Å². The molecule has 1 atom stereocenters. The Morgan fingerprint density at radius 2 is 2.12 bits per heavy atom. The third-order valence-electron chi connectivity index (χ3n) is 4.72. The molecule has 1 aromatic carbocycles. The van der Waals surface area contributed by atoms with Crippen LogP contribution >= 0.6 is 0 Å². The van der Waals surface area contributed by atoms with Gasteiger partial charge in [-0.3, -0.25) is 4.79 Å². The number of fused-ring (bicyclic) bond motifs is 1. The second-order valence-corrected chi connectivity index (χ2v) is 6.38. The molecule has 1 saturated heterocycles. The van der Waals surface area contributed by atoms with E-state index in [1.165, 1.54) is 6.20 Å². The quantitative estimate of drug-likeness (QED) is 0.749. The van der Waals surface area contributed by atoms with E-state index in [0.29, 0.717) is 17.8 Å². The second kappa shape index (κ2) is 6.16. The molecule has 4 rings (SSSR count). The first kappa shape index (κ1) is 15.6. The molecule has 7 heteroatoms. The van der Waals surface area contributed by atoms with Crippen LogP contribution in [0.2, 0.25) is 0 Å². The van der Waals surface area contributed by atoms with Gasteiger partial charge in [0.05, 0.1) is 28.3 Å². The Kier molecular flexibility index (Phi) is 3.83. The molecule has 2 aromatic heterocycles. The SMILES string of the molecule is Cc1nc(N)ncc1C(=O)N1CCCCC1c1nc2ccccc2[nH]1. The van der Waals surface area contributed by atoms with E-state index >= 15 is 0 Å². The summed E-state index contributed by atoms with van der Waals surface area (Å²) in [5, 5.41) is 0. The van der Waals surface area contributed by atoms with Gasteiger partial charge in [0.1, 0.15) is 5.82 Å². The maximum Gasteiger partial charge on any atom is 0.257 e. The highest BCUT2D eigenvalue weighted by Gasteiger charge is 2.31. The molecule has 1 amide bonds. The van der Waals surface area contributed by atoms with Gasteiger partial charge >= 0.3 is 0 Å². The molecule has 0 saturated carbocycles. The number of imidazole rings is 1. The number of H-pyrrole nitrogens is 1. The summed E-state index contributed by atoms with van der Waals surface area (Å²) in [6.07, 6.45) is 4.46. The maximum atomic E-state index is 13.1. The Morgan fingerprint density at radius 3 is 2.92 bits per heavy atom. The van der Waals surface area contributed by atoms with Gasteiger partial charge in [-0.25, -0.2) is 15.0 Å². The van der Waals surface area contributed by atoms with E-state index in [4.69, 9.17) is 10.7 Å². The molecule has 7 nitrogen and oxygen atoms in total. The van der Waals surface area contributed by atoms with E-state index in [1.54, 1.807) is 6.92 Å².